The summed E-state index contributed by atoms with van der Waals surface area (Å²) < 4.78 is 61.3. The average molecular weight is 321 g/mol. The summed E-state index contributed by atoms with van der Waals surface area (Å²) in [5.41, 5.74) is 5.52. The van der Waals surface area contributed by atoms with E-state index in [1.54, 1.807) is 6.07 Å². The van der Waals surface area contributed by atoms with Crippen molar-refractivity contribution >= 4 is 15.8 Å². The largest absolute Gasteiger partial charge is 0.389 e. The van der Waals surface area contributed by atoms with Crippen LogP contribution < -0.4 is 10.5 Å². The number of hydrogen-bond donors (Lipinski definition) is 2. The summed E-state index contributed by atoms with van der Waals surface area (Å²) in [6.45, 7) is 0.134. The van der Waals surface area contributed by atoms with Crippen LogP contribution in [0.3, 0.4) is 0 Å². The monoisotopic (exact) mass is 321 g/mol. The molecule has 0 saturated heterocycles. The molecule has 0 unspecified atom stereocenters. The van der Waals surface area contributed by atoms with Crippen LogP contribution in [0.15, 0.2) is 18.2 Å². The van der Waals surface area contributed by atoms with Crippen molar-refractivity contribution in [1.82, 2.24) is 4.98 Å². The lowest BCUT2D eigenvalue weighted by atomic mass is 10.3. The summed E-state index contributed by atoms with van der Waals surface area (Å²) in [4.78, 5) is 3.91. The van der Waals surface area contributed by atoms with E-state index in [9.17, 15) is 21.6 Å². The Morgan fingerprint density at radius 2 is 2.05 bits per heavy atom. The lowest BCUT2D eigenvalue weighted by Crippen LogP contribution is -2.19. The highest BCUT2D eigenvalue weighted by Crippen LogP contribution is 2.21. The normalized spacial score (nSPS) is 11.6. The molecular formula is C12H14F3N3O2S. The number of nitrogens with one attached hydrogen (secondary N) is 1. The molecule has 1 rings (SSSR count). The van der Waals surface area contributed by atoms with Crippen LogP contribution in [0.5, 0.6) is 0 Å². The van der Waals surface area contributed by atoms with Crippen LogP contribution >= 0.6 is 0 Å². The van der Waals surface area contributed by atoms with Gasteiger partial charge >= 0.3 is 6.18 Å². The minimum absolute atomic E-state index is 0.00540. The molecule has 0 amide bonds. The minimum Gasteiger partial charge on any atom is -0.320 e. The molecule has 0 aromatic carbocycles. The van der Waals surface area contributed by atoms with Crippen LogP contribution in [0.4, 0.5) is 19.0 Å². The molecule has 5 nitrogen and oxygen atoms in total. The number of anilines is 1. The Balaban J connectivity index is 2.67. The molecule has 116 valence electrons. The molecule has 0 bridgehead atoms. The number of aromatic nitrogens is 1. The first kappa shape index (κ1) is 17.3. The van der Waals surface area contributed by atoms with E-state index in [1.807, 2.05) is 0 Å². The van der Waals surface area contributed by atoms with E-state index in [0.717, 1.165) is 0 Å². The van der Waals surface area contributed by atoms with Crippen LogP contribution in [0.2, 0.25) is 0 Å². The van der Waals surface area contributed by atoms with Gasteiger partial charge in [0.1, 0.15) is 11.5 Å². The summed E-state index contributed by atoms with van der Waals surface area (Å²) in [6, 6.07) is 4.47. The summed E-state index contributed by atoms with van der Waals surface area (Å²) in [6.07, 6.45) is -6.03. The van der Waals surface area contributed by atoms with E-state index in [0.29, 0.717) is 5.69 Å². The number of halogens is 3. The molecule has 1 aromatic rings. The number of nitrogens with zero attached hydrogens (tertiary/aromatic N) is 1. The number of rotatable bonds is 5. The second kappa shape index (κ2) is 7.28. The van der Waals surface area contributed by atoms with Gasteiger partial charge < -0.3 is 5.73 Å². The Bertz CT molecular complexity index is 633. The number of hydrogen-bond acceptors (Lipinski definition) is 4. The number of nitrogens with two attached hydrogens (primary N) is 1. The molecule has 1 heterocycles. The zero-order valence-electron chi connectivity index (χ0n) is 10.9. The molecule has 1 aromatic heterocycles. The summed E-state index contributed by atoms with van der Waals surface area (Å²) >= 11 is 0. The maximum absolute atomic E-state index is 12.0. The smallest absolute Gasteiger partial charge is 0.320 e. The van der Waals surface area contributed by atoms with Gasteiger partial charge in [-0.15, -0.1) is 0 Å². The van der Waals surface area contributed by atoms with Gasteiger partial charge in [0.2, 0.25) is 10.0 Å². The third-order valence-electron chi connectivity index (χ3n) is 2.20. The van der Waals surface area contributed by atoms with E-state index in [2.05, 4.69) is 21.5 Å². The number of pyridine rings is 1. The van der Waals surface area contributed by atoms with E-state index in [-0.39, 0.29) is 12.4 Å². The van der Waals surface area contributed by atoms with Crippen LogP contribution in [-0.2, 0) is 10.0 Å². The SMILES string of the molecule is NCC#Cc1cccc(NS(=O)(=O)CCCC(F)(F)F)n1. The van der Waals surface area contributed by atoms with E-state index in [1.165, 1.54) is 12.1 Å². The van der Waals surface area contributed by atoms with Gasteiger partial charge in [-0.2, -0.15) is 13.2 Å². The molecule has 0 atom stereocenters. The van der Waals surface area contributed by atoms with E-state index >= 15 is 0 Å². The molecule has 0 spiro atoms. The standard InChI is InChI=1S/C12H14F3N3O2S/c13-12(14,15)7-3-9-21(19,20)18-11-6-1-4-10(17-11)5-2-8-16/h1,4,6H,3,7-9,16H2,(H,17,18). The molecular weight excluding hydrogens is 307 g/mol. The lowest BCUT2D eigenvalue weighted by molar-refractivity contribution is -0.134. The highest BCUT2D eigenvalue weighted by Gasteiger charge is 2.27. The van der Waals surface area contributed by atoms with Crippen LogP contribution in [0.1, 0.15) is 18.5 Å². The zero-order valence-corrected chi connectivity index (χ0v) is 11.8. The summed E-state index contributed by atoms with van der Waals surface area (Å²) in [5.74, 6) is 4.56. The third-order valence-corrected chi connectivity index (χ3v) is 3.55. The first-order chi connectivity index (χ1) is 9.72. The molecule has 0 radical (unpaired) electrons. The molecule has 21 heavy (non-hydrogen) atoms. The minimum atomic E-state index is -4.37. The van der Waals surface area contributed by atoms with Gasteiger partial charge in [-0.3, -0.25) is 4.72 Å². The van der Waals surface area contributed by atoms with Gasteiger partial charge in [0.25, 0.3) is 0 Å². The fourth-order valence-corrected chi connectivity index (χ4v) is 2.43. The summed E-state index contributed by atoms with van der Waals surface area (Å²) in [7, 11) is -3.88. The number of sulfonamides is 1. The summed E-state index contributed by atoms with van der Waals surface area (Å²) in [5, 5.41) is 0. The van der Waals surface area contributed by atoms with Gasteiger partial charge in [-0.05, 0) is 24.5 Å². The Morgan fingerprint density at radius 1 is 1.33 bits per heavy atom. The maximum Gasteiger partial charge on any atom is 0.389 e. The first-order valence-corrected chi connectivity index (χ1v) is 7.60. The van der Waals surface area contributed by atoms with Crippen LogP contribution in [0, 0.1) is 11.8 Å². The second-order valence-corrected chi connectivity index (χ2v) is 5.90. The highest BCUT2D eigenvalue weighted by atomic mass is 32.2. The van der Waals surface area contributed by atoms with Crippen molar-refractivity contribution in [3.63, 3.8) is 0 Å². The average Bonchev–Trinajstić information content (AvgIpc) is 2.34. The molecule has 0 fully saturated rings. The van der Waals surface area contributed by atoms with Crippen molar-refractivity contribution in [2.45, 2.75) is 19.0 Å². The predicted molar refractivity (Wildman–Crippen MR) is 72.9 cm³/mol. The van der Waals surface area contributed by atoms with Crippen molar-refractivity contribution in [1.29, 1.82) is 0 Å². The number of alkyl halides is 3. The molecule has 9 heteroatoms. The molecule has 0 saturated carbocycles. The van der Waals surface area contributed by atoms with Gasteiger partial charge in [0.05, 0.1) is 12.3 Å². The van der Waals surface area contributed by atoms with Crippen molar-refractivity contribution in [3.05, 3.63) is 23.9 Å². The molecule has 3 N–H and O–H groups in total. The quantitative estimate of drug-likeness (QED) is 0.804. The Labute approximate surface area is 120 Å². The van der Waals surface area contributed by atoms with Crippen LogP contribution in [0.25, 0.3) is 0 Å². The van der Waals surface area contributed by atoms with Crippen molar-refractivity contribution in [3.8, 4) is 11.8 Å². The maximum atomic E-state index is 12.0. The van der Waals surface area contributed by atoms with Crippen LogP contribution in [-0.4, -0.2) is 31.9 Å². The van der Waals surface area contributed by atoms with E-state index < -0.39 is 34.8 Å². The predicted octanol–water partition coefficient (Wildman–Crippen LogP) is 1.48. The Hall–Kier alpha value is -1.79. The Kier molecular flexibility index (Phi) is 5.99. The van der Waals surface area contributed by atoms with Crippen molar-refractivity contribution < 1.29 is 21.6 Å². The van der Waals surface area contributed by atoms with E-state index in [4.69, 9.17) is 5.73 Å². The molecule has 0 aliphatic carbocycles. The van der Waals surface area contributed by atoms with Gasteiger partial charge in [-0.1, -0.05) is 12.0 Å². The second-order valence-electron chi connectivity index (χ2n) is 4.05. The third kappa shape index (κ3) is 7.53. The molecule has 0 aliphatic heterocycles. The van der Waals surface area contributed by atoms with Gasteiger partial charge in [-0.25, -0.2) is 13.4 Å². The van der Waals surface area contributed by atoms with Crippen molar-refractivity contribution in [2.24, 2.45) is 5.73 Å². The van der Waals surface area contributed by atoms with Crippen molar-refractivity contribution in [2.75, 3.05) is 17.0 Å². The molecule has 0 aliphatic rings. The first-order valence-electron chi connectivity index (χ1n) is 5.95. The van der Waals surface area contributed by atoms with Gasteiger partial charge in [0, 0.05) is 6.42 Å². The van der Waals surface area contributed by atoms with Gasteiger partial charge in [0.15, 0.2) is 0 Å². The topological polar surface area (TPSA) is 85.1 Å². The fourth-order valence-electron chi connectivity index (χ4n) is 1.38. The fraction of sp³-hybridized carbons (Fsp3) is 0.417. The lowest BCUT2D eigenvalue weighted by Gasteiger charge is -2.08. The zero-order chi connectivity index (χ0) is 15.9. The Morgan fingerprint density at radius 3 is 2.67 bits per heavy atom. The highest BCUT2D eigenvalue weighted by molar-refractivity contribution is 7.92.